The number of hydrogen-bond acceptors (Lipinski definition) is 2. The molecule has 2 nitrogen and oxygen atoms in total. The lowest BCUT2D eigenvalue weighted by Gasteiger charge is -2.21. The second kappa shape index (κ2) is 6.33. The van der Waals surface area contributed by atoms with Crippen LogP contribution in [-0.2, 0) is 9.59 Å². The van der Waals surface area contributed by atoms with Crippen LogP contribution in [0.25, 0.3) is 0 Å². The monoisotopic (exact) mass is 208 g/mol. The lowest BCUT2D eigenvalue weighted by Crippen LogP contribution is -2.11. The second-order valence-electron chi connectivity index (χ2n) is 4.01. The van der Waals surface area contributed by atoms with Gasteiger partial charge in [0.15, 0.2) is 11.6 Å². The minimum absolute atomic E-state index is 0.0624. The van der Waals surface area contributed by atoms with Crippen molar-refractivity contribution in [3.05, 3.63) is 24.8 Å². The highest BCUT2D eigenvalue weighted by atomic mass is 16.1. The van der Waals surface area contributed by atoms with E-state index in [9.17, 15) is 9.59 Å². The van der Waals surface area contributed by atoms with Crippen molar-refractivity contribution in [2.75, 3.05) is 0 Å². The lowest BCUT2D eigenvalue weighted by atomic mass is 9.84. The average Bonchev–Trinajstić information content (AvgIpc) is 2.25. The molecule has 0 saturated heterocycles. The highest BCUT2D eigenvalue weighted by Crippen LogP contribution is 2.26. The zero-order valence-electron chi connectivity index (χ0n) is 9.88. The normalized spacial score (nSPS) is 11.7. The molecule has 0 heterocycles. The van der Waals surface area contributed by atoms with Crippen molar-refractivity contribution in [2.24, 2.45) is 5.41 Å². The summed E-state index contributed by atoms with van der Waals surface area (Å²) in [6.07, 6.45) is 6.53. The molecule has 0 saturated carbocycles. The van der Waals surface area contributed by atoms with Crippen LogP contribution in [0.2, 0.25) is 0 Å². The third kappa shape index (κ3) is 5.31. The van der Waals surface area contributed by atoms with Crippen molar-refractivity contribution in [2.45, 2.75) is 40.0 Å². The molecule has 0 atom stereocenters. The van der Waals surface area contributed by atoms with Gasteiger partial charge in [-0.3, -0.25) is 9.59 Å². The third-order valence-corrected chi connectivity index (χ3v) is 2.86. The number of carbonyl (C=O) groups excluding carboxylic acids is 2. The molecule has 0 spiro atoms. The van der Waals surface area contributed by atoms with E-state index >= 15 is 0 Å². The van der Waals surface area contributed by atoms with Crippen LogP contribution in [0, 0.1) is 5.41 Å². The molecule has 2 heteroatoms. The van der Waals surface area contributed by atoms with Crippen LogP contribution >= 0.6 is 0 Å². The molecular weight excluding hydrogens is 188 g/mol. The van der Waals surface area contributed by atoms with Crippen LogP contribution in [0.5, 0.6) is 0 Å². The summed E-state index contributed by atoms with van der Waals surface area (Å²) < 4.78 is 0. The third-order valence-electron chi connectivity index (χ3n) is 2.86. The van der Waals surface area contributed by atoms with Gasteiger partial charge in [0.25, 0.3) is 0 Å². The van der Waals surface area contributed by atoms with Crippen molar-refractivity contribution in [3.8, 4) is 0 Å². The van der Waals surface area contributed by atoms with E-state index in [1.807, 2.05) is 6.08 Å². The number of allylic oxidation sites excluding steroid dienone is 3. The molecule has 0 aliphatic heterocycles. The molecule has 0 rings (SSSR count). The first-order valence-electron chi connectivity index (χ1n) is 5.34. The average molecular weight is 208 g/mol. The van der Waals surface area contributed by atoms with Crippen LogP contribution in [0.4, 0.5) is 0 Å². The molecule has 0 N–H and O–H groups in total. The maximum Gasteiger partial charge on any atom is 0.163 e. The van der Waals surface area contributed by atoms with Gasteiger partial charge in [0.2, 0.25) is 0 Å². The molecule has 0 aromatic rings. The summed E-state index contributed by atoms with van der Waals surface area (Å²) in [4.78, 5) is 22.2. The largest absolute Gasteiger partial charge is 0.294 e. The Hall–Kier alpha value is -1.18. The number of ketones is 2. The highest BCUT2D eigenvalue weighted by Gasteiger charge is 2.15. The van der Waals surface area contributed by atoms with Gasteiger partial charge in [-0.1, -0.05) is 33.4 Å². The van der Waals surface area contributed by atoms with Crippen molar-refractivity contribution < 1.29 is 9.59 Å². The van der Waals surface area contributed by atoms with E-state index in [1.54, 1.807) is 0 Å². The lowest BCUT2D eigenvalue weighted by molar-refractivity contribution is -0.121. The molecule has 0 aromatic heterocycles. The van der Waals surface area contributed by atoms with E-state index < -0.39 is 0 Å². The first-order valence-corrected chi connectivity index (χ1v) is 5.34. The number of hydrogen-bond donors (Lipinski definition) is 0. The van der Waals surface area contributed by atoms with Crippen LogP contribution in [0.3, 0.4) is 0 Å². The van der Waals surface area contributed by atoms with E-state index in [-0.39, 0.29) is 23.4 Å². The molecule has 0 fully saturated rings. The van der Waals surface area contributed by atoms with Crippen molar-refractivity contribution in [1.29, 1.82) is 0 Å². The van der Waals surface area contributed by atoms with Crippen LogP contribution in [0.1, 0.15) is 40.0 Å². The molecule has 0 radical (unpaired) electrons. The summed E-state index contributed by atoms with van der Waals surface area (Å²) >= 11 is 0. The predicted octanol–water partition coefficient (Wildman–Crippen LogP) is 3.08. The van der Waals surface area contributed by atoms with E-state index in [0.717, 1.165) is 12.8 Å². The summed E-state index contributed by atoms with van der Waals surface area (Å²) in [5.41, 5.74) is 0.0624. The fourth-order valence-electron chi connectivity index (χ4n) is 1.08. The summed E-state index contributed by atoms with van der Waals surface area (Å²) in [5.74, 6) is -0.368. The van der Waals surface area contributed by atoms with E-state index in [4.69, 9.17) is 0 Å². The molecule has 15 heavy (non-hydrogen) atoms. The zero-order valence-corrected chi connectivity index (χ0v) is 9.88. The molecule has 0 aromatic carbocycles. The SMILES string of the molecule is C=CC(=O)CC(=O)/C=C/C(C)(CC)CC. The first-order chi connectivity index (χ1) is 6.97. The maximum absolute atomic E-state index is 11.3. The number of rotatable bonds is 7. The maximum atomic E-state index is 11.3. The van der Waals surface area contributed by atoms with Crippen LogP contribution < -0.4 is 0 Å². The smallest absolute Gasteiger partial charge is 0.163 e. The van der Waals surface area contributed by atoms with Gasteiger partial charge in [-0.05, 0) is 30.4 Å². The van der Waals surface area contributed by atoms with Gasteiger partial charge in [0.05, 0.1) is 6.42 Å². The number of carbonyl (C=O) groups is 2. The Bertz CT molecular complexity index is 270. The Kier molecular flexibility index (Phi) is 5.83. The van der Waals surface area contributed by atoms with E-state index in [0.29, 0.717) is 0 Å². The van der Waals surface area contributed by atoms with Gasteiger partial charge in [-0.15, -0.1) is 0 Å². The fraction of sp³-hybridized carbons (Fsp3) is 0.538. The minimum Gasteiger partial charge on any atom is -0.294 e. The molecule has 0 aliphatic rings. The predicted molar refractivity (Wildman–Crippen MR) is 62.7 cm³/mol. The van der Waals surface area contributed by atoms with Crippen molar-refractivity contribution in [1.82, 2.24) is 0 Å². The summed E-state index contributed by atoms with van der Waals surface area (Å²) in [6, 6.07) is 0. The van der Waals surface area contributed by atoms with E-state index in [1.165, 1.54) is 12.2 Å². The molecule has 84 valence electrons. The molecule has 0 amide bonds. The Morgan fingerprint density at radius 1 is 1.20 bits per heavy atom. The standard InChI is InChI=1S/C13H20O2/c1-5-11(14)10-12(15)8-9-13(4,6-2)7-3/h5,8-9H,1,6-7,10H2,2-4H3/b9-8+. The van der Waals surface area contributed by atoms with Gasteiger partial charge < -0.3 is 0 Å². The Morgan fingerprint density at radius 3 is 2.13 bits per heavy atom. The molecular formula is C13H20O2. The summed E-state index contributed by atoms with van der Waals surface area (Å²) in [6.45, 7) is 9.61. The quantitative estimate of drug-likeness (QED) is 0.476. The topological polar surface area (TPSA) is 34.1 Å². The fourth-order valence-corrected chi connectivity index (χ4v) is 1.08. The van der Waals surface area contributed by atoms with Crippen LogP contribution in [-0.4, -0.2) is 11.6 Å². The van der Waals surface area contributed by atoms with Crippen molar-refractivity contribution in [3.63, 3.8) is 0 Å². The Labute approximate surface area is 92.1 Å². The van der Waals surface area contributed by atoms with Crippen LogP contribution in [0.15, 0.2) is 24.8 Å². The second-order valence-corrected chi connectivity index (χ2v) is 4.01. The Morgan fingerprint density at radius 2 is 1.73 bits per heavy atom. The molecule has 0 aliphatic carbocycles. The first kappa shape index (κ1) is 13.8. The van der Waals surface area contributed by atoms with Gasteiger partial charge in [0.1, 0.15) is 0 Å². The summed E-state index contributed by atoms with van der Waals surface area (Å²) in [5, 5.41) is 0. The Balaban J connectivity index is 4.33. The van der Waals surface area contributed by atoms with Gasteiger partial charge in [-0.2, -0.15) is 0 Å². The summed E-state index contributed by atoms with van der Waals surface area (Å²) in [7, 11) is 0. The van der Waals surface area contributed by atoms with Gasteiger partial charge in [0, 0.05) is 0 Å². The highest BCUT2D eigenvalue weighted by molar-refractivity contribution is 6.08. The minimum atomic E-state index is -0.223. The zero-order chi connectivity index (χ0) is 11.9. The van der Waals surface area contributed by atoms with Crippen molar-refractivity contribution >= 4 is 11.6 Å². The molecule has 0 unspecified atom stereocenters. The van der Waals surface area contributed by atoms with E-state index in [2.05, 4.69) is 27.4 Å². The molecule has 0 bridgehead atoms. The van der Waals surface area contributed by atoms with Gasteiger partial charge in [-0.25, -0.2) is 0 Å². The van der Waals surface area contributed by atoms with Gasteiger partial charge >= 0.3 is 0 Å².